The van der Waals surface area contributed by atoms with Gasteiger partial charge in [0.25, 0.3) is 0 Å². The van der Waals surface area contributed by atoms with Gasteiger partial charge in [-0.3, -0.25) is 0 Å². The Morgan fingerprint density at radius 1 is 1.31 bits per heavy atom. The van der Waals surface area contributed by atoms with Gasteiger partial charge in [-0.25, -0.2) is 0 Å². The van der Waals surface area contributed by atoms with Crippen LogP contribution in [0.5, 0.6) is 0 Å². The molecule has 2 N–H and O–H groups in total. The van der Waals surface area contributed by atoms with E-state index in [4.69, 9.17) is 5.73 Å². The Morgan fingerprint density at radius 3 is 2.77 bits per heavy atom. The Labute approximate surface area is 82.2 Å². The zero-order chi connectivity index (χ0) is 9.42. The fraction of sp³-hybridized carbons (Fsp3) is 0.273. The summed E-state index contributed by atoms with van der Waals surface area (Å²) >= 11 is 1.84. The molecule has 0 amide bonds. The van der Waals surface area contributed by atoms with Gasteiger partial charge in [0.2, 0.25) is 0 Å². The van der Waals surface area contributed by atoms with E-state index in [1.54, 1.807) is 0 Å². The molecule has 2 heteroatoms. The van der Waals surface area contributed by atoms with Gasteiger partial charge >= 0.3 is 0 Å². The number of aryl methyl sites for hydroxylation is 2. The van der Waals surface area contributed by atoms with E-state index in [0.29, 0.717) is 6.54 Å². The molecule has 0 spiro atoms. The standard InChI is InChI=1S/C11H13NS/c1-7-3-4-9-10(6-12)8(2)13-11(9)5-7/h3-5H,6,12H2,1-2H3. The van der Waals surface area contributed by atoms with Gasteiger partial charge in [-0.2, -0.15) is 0 Å². The highest BCUT2D eigenvalue weighted by atomic mass is 32.1. The first kappa shape index (κ1) is 8.73. The minimum absolute atomic E-state index is 0.648. The molecule has 13 heavy (non-hydrogen) atoms. The summed E-state index contributed by atoms with van der Waals surface area (Å²) in [6.07, 6.45) is 0. The molecular weight excluding hydrogens is 178 g/mol. The molecule has 0 saturated carbocycles. The van der Waals surface area contributed by atoms with Gasteiger partial charge in [-0.1, -0.05) is 12.1 Å². The van der Waals surface area contributed by atoms with Crippen LogP contribution in [-0.4, -0.2) is 0 Å². The molecule has 0 radical (unpaired) electrons. The fourth-order valence-corrected chi connectivity index (χ4v) is 2.83. The van der Waals surface area contributed by atoms with E-state index in [2.05, 4.69) is 32.0 Å². The smallest absolute Gasteiger partial charge is 0.0351 e. The number of fused-ring (bicyclic) bond motifs is 1. The highest BCUT2D eigenvalue weighted by Gasteiger charge is 2.06. The van der Waals surface area contributed by atoms with E-state index >= 15 is 0 Å². The van der Waals surface area contributed by atoms with Crippen molar-refractivity contribution in [3.05, 3.63) is 34.2 Å². The molecule has 0 aliphatic carbocycles. The first-order chi connectivity index (χ1) is 6.22. The van der Waals surface area contributed by atoms with Gasteiger partial charge < -0.3 is 5.73 Å². The number of thiophene rings is 1. The molecule has 0 aliphatic rings. The summed E-state index contributed by atoms with van der Waals surface area (Å²) in [7, 11) is 0. The van der Waals surface area contributed by atoms with E-state index in [-0.39, 0.29) is 0 Å². The Hall–Kier alpha value is -0.860. The van der Waals surface area contributed by atoms with Crippen LogP contribution in [0.2, 0.25) is 0 Å². The molecule has 0 bridgehead atoms. The molecule has 0 unspecified atom stereocenters. The maximum Gasteiger partial charge on any atom is 0.0351 e. The van der Waals surface area contributed by atoms with E-state index in [1.165, 1.54) is 26.1 Å². The van der Waals surface area contributed by atoms with E-state index in [9.17, 15) is 0 Å². The quantitative estimate of drug-likeness (QED) is 0.736. The third kappa shape index (κ3) is 1.36. The van der Waals surface area contributed by atoms with Crippen LogP contribution < -0.4 is 5.73 Å². The zero-order valence-electron chi connectivity index (χ0n) is 7.92. The number of benzene rings is 1. The normalized spacial score (nSPS) is 11.0. The van der Waals surface area contributed by atoms with Crippen LogP contribution >= 0.6 is 11.3 Å². The summed E-state index contributed by atoms with van der Waals surface area (Å²) in [5.74, 6) is 0. The summed E-state index contributed by atoms with van der Waals surface area (Å²) in [6, 6.07) is 6.55. The predicted molar refractivity (Wildman–Crippen MR) is 59.2 cm³/mol. The summed E-state index contributed by atoms with van der Waals surface area (Å²) < 4.78 is 1.36. The van der Waals surface area contributed by atoms with Gasteiger partial charge in [-0.15, -0.1) is 11.3 Å². The number of rotatable bonds is 1. The molecule has 1 aromatic carbocycles. The van der Waals surface area contributed by atoms with Crippen molar-refractivity contribution in [2.75, 3.05) is 0 Å². The molecule has 0 atom stereocenters. The summed E-state index contributed by atoms with van der Waals surface area (Å²) in [4.78, 5) is 1.35. The second kappa shape index (κ2) is 3.13. The average Bonchev–Trinajstić information content (AvgIpc) is 2.39. The van der Waals surface area contributed by atoms with E-state index in [0.717, 1.165) is 0 Å². The predicted octanol–water partition coefficient (Wildman–Crippen LogP) is 2.98. The lowest BCUT2D eigenvalue weighted by Crippen LogP contribution is -1.96. The lowest BCUT2D eigenvalue weighted by molar-refractivity contribution is 1.08. The minimum atomic E-state index is 0.648. The Balaban J connectivity index is 2.79. The Bertz CT molecular complexity index is 443. The van der Waals surface area contributed by atoms with Crippen molar-refractivity contribution in [3.8, 4) is 0 Å². The summed E-state index contributed by atoms with van der Waals surface area (Å²) in [5, 5.41) is 1.33. The van der Waals surface area contributed by atoms with Crippen LogP contribution in [0.4, 0.5) is 0 Å². The van der Waals surface area contributed by atoms with Gasteiger partial charge in [0.05, 0.1) is 0 Å². The van der Waals surface area contributed by atoms with Crippen molar-refractivity contribution in [2.45, 2.75) is 20.4 Å². The van der Waals surface area contributed by atoms with Crippen molar-refractivity contribution in [2.24, 2.45) is 5.73 Å². The SMILES string of the molecule is Cc1ccc2c(CN)c(C)sc2c1. The van der Waals surface area contributed by atoms with Crippen molar-refractivity contribution in [1.82, 2.24) is 0 Å². The van der Waals surface area contributed by atoms with Crippen LogP contribution in [0.3, 0.4) is 0 Å². The van der Waals surface area contributed by atoms with Crippen molar-refractivity contribution in [1.29, 1.82) is 0 Å². The third-order valence-electron chi connectivity index (χ3n) is 2.35. The first-order valence-electron chi connectivity index (χ1n) is 4.41. The average molecular weight is 191 g/mol. The number of hydrogen-bond acceptors (Lipinski definition) is 2. The zero-order valence-corrected chi connectivity index (χ0v) is 8.74. The van der Waals surface area contributed by atoms with Crippen LogP contribution in [0.15, 0.2) is 18.2 Å². The van der Waals surface area contributed by atoms with Crippen LogP contribution in [0, 0.1) is 13.8 Å². The topological polar surface area (TPSA) is 26.0 Å². The molecule has 0 saturated heterocycles. The largest absolute Gasteiger partial charge is 0.326 e. The van der Waals surface area contributed by atoms with Gasteiger partial charge in [0.15, 0.2) is 0 Å². The third-order valence-corrected chi connectivity index (χ3v) is 3.46. The molecule has 0 aliphatic heterocycles. The Kier molecular flexibility index (Phi) is 2.10. The van der Waals surface area contributed by atoms with Crippen LogP contribution in [0.1, 0.15) is 16.0 Å². The Morgan fingerprint density at radius 2 is 2.08 bits per heavy atom. The van der Waals surface area contributed by atoms with Crippen LogP contribution in [-0.2, 0) is 6.54 Å². The first-order valence-corrected chi connectivity index (χ1v) is 5.22. The second-order valence-electron chi connectivity index (χ2n) is 3.34. The number of hydrogen-bond donors (Lipinski definition) is 1. The fourth-order valence-electron chi connectivity index (χ4n) is 1.63. The second-order valence-corrected chi connectivity index (χ2v) is 4.60. The van der Waals surface area contributed by atoms with Crippen LogP contribution in [0.25, 0.3) is 10.1 Å². The molecule has 2 aromatic rings. The molecule has 1 heterocycles. The van der Waals surface area contributed by atoms with Crippen molar-refractivity contribution in [3.63, 3.8) is 0 Å². The lowest BCUT2D eigenvalue weighted by atomic mass is 10.1. The number of nitrogens with two attached hydrogens (primary N) is 1. The molecule has 68 valence electrons. The molecule has 1 aromatic heterocycles. The monoisotopic (exact) mass is 191 g/mol. The van der Waals surface area contributed by atoms with Gasteiger partial charge in [0.1, 0.15) is 0 Å². The maximum atomic E-state index is 5.71. The summed E-state index contributed by atoms with van der Waals surface area (Å²) in [5.41, 5.74) is 8.33. The molecular formula is C11H13NS. The highest BCUT2D eigenvalue weighted by Crippen LogP contribution is 2.30. The molecule has 0 fully saturated rings. The maximum absolute atomic E-state index is 5.71. The molecule has 2 rings (SSSR count). The lowest BCUT2D eigenvalue weighted by Gasteiger charge is -1.96. The highest BCUT2D eigenvalue weighted by molar-refractivity contribution is 7.19. The van der Waals surface area contributed by atoms with Crippen molar-refractivity contribution < 1.29 is 0 Å². The minimum Gasteiger partial charge on any atom is -0.326 e. The van der Waals surface area contributed by atoms with Gasteiger partial charge in [0, 0.05) is 16.1 Å². The van der Waals surface area contributed by atoms with Gasteiger partial charge in [-0.05, 0) is 36.4 Å². The van der Waals surface area contributed by atoms with Crippen molar-refractivity contribution >= 4 is 21.4 Å². The molecule has 1 nitrogen and oxygen atoms in total. The summed E-state index contributed by atoms with van der Waals surface area (Å²) in [6.45, 7) is 4.91. The van der Waals surface area contributed by atoms with E-state index in [1.807, 2.05) is 11.3 Å². The van der Waals surface area contributed by atoms with E-state index < -0.39 is 0 Å².